The average Bonchev–Trinajstić information content (AvgIpc) is 2.72. The van der Waals surface area contributed by atoms with Gasteiger partial charge in [0.1, 0.15) is 0 Å². The van der Waals surface area contributed by atoms with Crippen molar-refractivity contribution in [1.29, 1.82) is 0 Å². The summed E-state index contributed by atoms with van der Waals surface area (Å²) in [4.78, 5) is 13.6. The maximum absolute atomic E-state index is 11.2. The van der Waals surface area contributed by atoms with Crippen LogP contribution in [0.5, 0.6) is 0 Å². The van der Waals surface area contributed by atoms with E-state index in [4.69, 9.17) is 5.11 Å². The van der Waals surface area contributed by atoms with Gasteiger partial charge in [0.25, 0.3) is 0 Å². The molecule has 2 nitrogen and oxygen atoms in total. The summed E-state index contributed by atoms with van der Waals surface area (Å²) in [6.45, 7) is 9.41. The van der Waals surface area contributed by atoms with Crippen molar-refractivity contribution < 1.29 is 9.90 Å². The topological polar surface area (TPSA) is 37.3 Å². The molecule has 3 aromatic rings. The van der Waals surface area contributed by atoms with Crippen LogP contribution in [0.15, 0.2) is 76.5 Å². The minimum atomic E-state index is -0.899. The molecule has 30 heavy (non-hydrogen) atoms. The average molecular weight is 417 g/mol. The summed E-state index contributed by atoms with van der Waals surface area (Å²) in [5.74, 6) is -0.899. The van der Waals surface area contributed by atoms with E-state index in [0.717, 1.165) is 11.1 Å². The lowest BCUT2D eigenvalue weighted by Gasteiger charge is -2.42. The number of carbonyl (C=O) groups is 1. The molecule has 1 aliphatic rings. The number of fused-ring (bicyclic) bond motifs is 1. The van der Waals surface area contributed by atoms with Gasteiger partial charge in [-0.25, -0.2) is 4.79 Å². The van der Waals surface area contributed by atoms with Crippen LogP contribution in [0.1, 0.15) is 62.0 Å². The quantitative estimate of drug-likeness (QED) is 0.477. The molecule has 0 amide bonds. The second-order valence-electron chi connectivity index (χ2n) is 9.46. The maximum atomic E-state index is 11.2. The fourth-order valence-corrected chi connectivity index (χ4v) is 5.35. The van der Waals surface area contributed by atoms with Gasteiger partial charge in [0.05, 0.1) is 5.56 Å². The molecule has 0 aromatic heterocycles. The van der Waals surface area contributed by atoms with Crippen molar-refractivity contribution in [2.75, 3.05) is 0 Å². The van der Waals surface area contributed by atoms with Crippen molar-refractivity contribution in [2.24, 2.45) is 0 Å². The van der Waals surface area contributed by atoms with Crippen LogP contribution in [0, 0.1) is 0 Å². The first-order valence-electron chi connectivity index (χ1n) is 10.4. The van der Waals surface area contributed by atoms with Crippen LogP contribution >= 0.6 is 11.8 Å². The number of hydrogen-bond acceptors (Lipinski definition) is 2. The van der Waals surface area contributed by atoms with Crippen LogP contribution in [-0.4, -0.2) is 11.1 Å². The molecule has 0 atom stereocenters. The summed E-state index contributed by atoms with van der Waals surface area (Å²) in [5.41, 5.74) is 5.81. The first-order chi connectivity index (χ1) is 14.2. The zero-order valence-electron chi connectivity index (χ0n) is 18.0. The number of carboxylic acids is 1. The van der Waals surface area contributed by atoms with Crippen LogP contribution in [0.2, 0.25) is 0 Å². The zero-order chi connectivity index (χ0) is 21.5. The van der Waals surface area contributed by atoms with Crippen LogP contribution in [0.3, 0.4) is 0 Å². The summed E-state index contributed by atoms with van der Waals surface area (Å²) in [7, 11) is 0. The van der Waals surface area contributed by atoms with Crippen molar-refractivity contribution in [2.45, 2.75) is 61.2 Å². The highest BCUT2D eigenvalue weighted by Gasteiger charge is 2.36. The third-order valence-electron chi connectivity index (χ3n) is 6.38. The molecule has 4 rings (SSSR count). The molecular formula is C27H28O2S. The van der Waals surface area contributed by atoms with Gasteiger partial charge < -0.3 is 5.11 Å². The second kappa shape index (κ2) is 7.63. The Morgan fingerprint density at radius 3 is 2.13 bits per heavy atom. The Kier molecular flexibility index (Phi) is 5.27. The normalized spacial score (nSPS) is 16.7. The molecule has 3 aromatic carbocycles. The minimum Gasteiger partial charge on any atom is -0.478 e. The molecule has 0 bridgehead atoms. The van der Waals surface area contributed by atoms with E-state index < -0.39 is 5.97 Å². The predicted octanol–water partition coefficient (Wildman–Crippen LogP) is 7.55. The van der Waals surface area contributed by atoms with Gasteiger partial charge in [-0.2, -0.15) is 0 Å². The SMILES string of the molecule is CC1(C)CCC(C)(C)c2cc(Sc3ccccc3-c3ccc(C(=O)O)cc3)ccc21. The fraction of sp³-hybridized carbons (Fsp3) is 0.296. The molecular weight excluding hydrogens is 388 g/mol. The smallest absolute Gasteiger partial charge is 0.335 e. The monoisotopic (exact) mass is 416 g/mol. The number of hydrogen-bond donors (Lipinski definition) is 1. The molecule has 0 saturated carbocycles. The van der Waals surface area contributed by atoms with E-state index in [1.54, 1.807) is 23.9 Å². The van der Waals surface area contributed by atoms with Gasteiger partial charge in [0.15, 0.2) is 0 Å². The molecule has 1 N–H and O–H groups in total. The highest BCUT2D eigenvalue weighted by atomic mass is 32.2. The molecule has 3 heteroatoms. The minimum absolute atomic E-state index is 0.188. The lowest BCUT2D eigenvalue weighted by Crippen LogP contribution is -2.33. The Labute approximate surface area is 183 Å². The van der Waals surface area contributed by atoms with Gasteiger partial charge in [-0.05, 0) is 76.3 Å². The Bertz CT molecular complexity index is 1090. The first-order valence-corrected chi connectivity index (χ1v) is 11.2. The third-order valence-corrected chi connectivity index (χ3v) is 7.45. The van der Waals surface area contributed by atoms with Gasteiger partial charge in [-0.15, -0.1) is 0 Å². The highest BCUT2D eigenvalue weighted by Crippen LogP contribution is 2.47. The van der Waals surface area contributed by atoms with Gasteiger partial charge in [-0.3, -0.25) is 0 Å². The highest BCUT2D eigenvalue weighted by molar-refractivity contribution is 7.99. The van der Waals surface area contributed by atoms with Gasteiger partial charge in [0.2, 0.25) is 0 Å². The molecule has 1 aliphatic carbocycles. The molecule has 0 unspecified atom stereocenters. The molecule has 0 fully saturated rings. The largest absolute Gasteiger partial charge is 0.478 e. The van der Waals surface area contributed by atoms with Gasteiger partial charge in [-0.1, -0.05) is 75.9 Å². The zero-order valence-corrected chi connectivity index (χ0v) is 18.8. The van der Waals surface area contributed by atoms with Crippen molar-refractivity contribution >= 4 is 17.7 Å². The van der Waals surface area contributed by atoms with Crippen LogP contribution in [0.25, 0.3) is 11.1 Å². The van der Waals surface area contributed by atoms with Gasteiger partial charge >= 0.3 is 5.97 Å². The Hall–Kier alpha value is -2.52. The fourth-order valence-electron chi connectivity index (χ4n) is 4.34. The molecule has 0 radical (unpaired) electrons. The predicted molar refractivity (Wildman–Crippen MR) is 125 cm³/mol. The summed E-state index contributed by atoms with van der Waals surface area (Å²) < 4.78 is 0. The lowest BCUT2D eigenvalue weighted by molar-refractivity contribution is 0.0697. The number of carboxylic acid groups (broad SMARTS) is 1. The molecule has 0 heterocycles. The molecule has 0 spiro atoms. The Morgan fingerprint density at radius 1 is 0.833 bits per heavy atom. The van der Waals surface area contributed by atoms with Crippen molar-refractivity contribution in [3.8, 4) is 11.1 Å². The van der Waals surface area contributed by atoms with E-state index in [-0.39, 0.29) is 10.8 Å². The van der Waals surface area contributed by atoms with E-state index in [9.17, 15) is 4.79 Å². The van der Waals surface area contributed by atoms with Crippen molar-refractivity contribution in [1.82, 2.24) is 0 Å². The summed E-state index contributed by atoms with van der Waals surface area (Å²) in [6, 6.07) is 22.4. The first kappa shape index (κ1) is 20.7. The Morgan fingerprint density at radius 2 is 1.47 bits per heavy atom. The van der Waals surface area contributed by atoms with Crippen LogP contribution in [-0.2, 0) is 10.8 Å². The standard InChI is InChI=1S/C27H28O2S/c1-26(2)15-16-27(3,4)23-17-20(13-14-22(23)26)30-24-8-6-5-7-21(24)18-9-11-19(12-10-18)25(28)29/h5-14,17H,15-16H2,1-4H3,(H,28,29). The third kappa shape index (κ3) is 3.91. The van der Waals surface area contributed by atoms with Crippen LogP contribution < -0.4 is 0 Å². The number of rotatable bonds is 4. The van der Waals surface area contributed by atoms with Crippen molar-refractivity contribution in [3.05, 3.63) is 83.4 Å². The van der Waals surface area contributed by atoms with E-state index >= 15 is 0 Å². The maximum Gasteiger partial charge on any atom is 0.335 e. The number of benzene rings is 3. The summed E-state index contributed by atoms with van der Waals surface area (Å²) in [6.07, 6.45) is 2.42. The molecule has 154 valence electrons. The summed E-state index contributed by atoms with van der Waals surface area (Å²) in [5, 5.41) is 9.17. The van der Waals surface area contributed by atoms with E-state index in [2.05, 4.69) is 64.1 Å². The molecule has 0 aliphatic heterocycles. The van der Waals surface area contributed by atoms with Crippen LogP contribution in [0.4, 0.5) is 0 Å². The Balaban J connectivity index is 1.70. The summed E-state index contributed by atoms with van der Waals surface area (Å²) >= 11 is 1.78. The number of aromatic carboxylic acids is 1. The van der Waals surface area contributed by atoms with E-state index in [1.165, 1.54) is 33.8 Å². The van der Waals surface area contributed by atoms with E-state index in [0.29, 0.717) is 5.56 Å². The van der Waals surface area contributed by atoms with E-state index in [1.807, 2.05) is 18.2 Å². The second-order valence-corrected chi connectivity index (χ2v) is 10.6. The lowest BCUT2D eigenvalue weighted by atomic mass is 9.63. The molecule has 0 saturated heterocycles. The van der Waals surface area contributed by atoms with Gasteiger partial charge in [0, 0.05) is 9.79 Å². The van der Waals surface area contributed by atoms with Crippen molar-refractivity contribution in [3.63, 3.8) is 0 Å².